The number of aryl methyl sites for hydroxylation is 1. The van der Waals surface area contributed by atoms with Crippen molar-refractivity contribution in [1.29, 1.82) is 0 Å². The van der Waals surface area contributed by atoms with Gasteiger partial charge in [-0.05, 0) is 24.6 Å². The summed E-state index contributed by atoms with van der Waals surface area (Å²) in [4.78, 5) is 2.05. The van der Waals surface area contributed by atoms with Crippen molar-refractivity contribution in [3.63, 3.8) is 0 Å². The third kappa shape index (κ3) is 2.84. The summed E-state index contributed by atoms with van der Waals surface area (Å²) in [6, 6.07) is 8.34. The Balaban J connectivity index is 1.95. The molecule has 0 N–H and O–H groups in total. The highest BCUT2D eigenvalue weighted by Crippen LogP contribution is 2.36. The molecule has 0 spiro atoms. The molecule has 1 fully saturated rings. The second-order valence-corrected chi connectivity index (χ2v) is 6.09. The molecule has 1 aromatic heterocycles. The lowest BCUT2D eigenvalue weighted by atomic mass is 9.93. The van der Waals surface area contributed by atoms with Crippen LogP contribution >= 0.6 is 0 Å². The first-order valence-corrected chi connectivity index (χ1v) is 7.90. The number of hydrogen-bond acceptors (Lipinski definition) is 5. The van der Waals surface area contributed by atoms with Gasteiger partial charge in [0.1, 0.15) is 5.60 Å². The quantitative estimate of drug-likeness (QED) is 0.867. The number of aromatic nitrogens is 3. The van der Waals surface area contributed by atoms with Crippen LogP contribution in [0.3, 0.4) is 0 Å². The van der Waals surface area contributed by atoms with Crippen molar-refractivity contribution in [2.75, 3.05) is 32.3 Å². The van der Waals surface area contributed by atoms with Crippen LogP contribution in [0.1, 0.15) is 24.2 Å². The first-order chi connectivity index (χ1) is 11.1. The van der Waals surface area contributed by atoms with Gasteiger partial charge in [-0.2, -0.15) is 0 Å². The molecule has 0 saturated carbocycles. The van der Waals surface area contributed by atoms with E-state index < -0.39 is 5.60 Å². The minimum absolute atomic E-state index is 0.411. The molecule has 1 aliphatic rings. The van der Waals surface area contributed by atoms with E-state index in [4.69, 9.17) is 9.47 Å². The number of benzene rings is 1. The van der Waals surface area contributed by atoms with E-state index in [-0.39, 0.29) is 0 Å². The Labute approximate surface area is 137 Å². The molecule has 1 aromatic carbocycles. The van der Waals surface area contributed by atoms with Crippen molar-refractivity contribution in [2.24, 2.45) is 7.05 Å². The molecule has 23 heavy (non-hydrogen) atoms. The van der Waals surface area contributed by atoms with Gasteiger partial charge >= 0.3 is 0 Å². The lowest BCUT2D eigenvalue weighted by Crippen LogP contribution is -2.38. The monoisotopic (exact) mass is 316 g/mol. The summed E-state index contributed by atoms with van der Waals surface area (Å²) in [5.41, 5.74) is 1.89. The molecule has 0 aliphatic carbocycles. The van der Waals surface area contributed by atoms with Crippen LogP contribution in [-0.2, 0) is 22.1 Å². The zero-order chi connectivity index (χ0) is 16.4. The number of hydrogen-bond donors (Lipinski definition) is 0. The topological polar surface area (TPSA) is 52.4 Å². The lowest BCUT2D eigenvalue weighted by Gasteiger charge is -2.34. The number of ether oxygens (including phenoxy) is 2. The summed E-state index contributed by atoms with van der Waals surface area (Å²) in [6.45, 7) is 3.45. The van der Waals surface area contributed by atoms with Gasteiger partial charge in [-0.3, -0.25) is 4.57 Å². The Morgan fingerprint density at radius 2 is 2.00 bits per heavy atom. The van der Waals surface area contributed by atoms with E-state index in [1.807, 2.05) is 29.6 Å². The molecular formula is C17H24N4O2. The fraction of sp³-hybridized carbons (Fsp3) is 0.529. The fourth-order valence-electron chi connectivity index (χ4n) is 3.18. The predicted octanol–water partition coefficient (Wildman–Crippen LogP) is 2.54. The second-order valence-electron chi connectivity index (χ2n) is 6.09. The highest BCUT2D eigenvalue weighted by atomic mass is 16.5. The van der Waals surface area contributed by atoms with Crippen LogP contribution in [0.4, 0.5) is 11.6 Å². The minimum Gasteiger partial charge on any atom is -0.381 e. The second kappa shape index (κ2) is 6.29. The molecule has 2 aromatic rings. The van der Waals surface area contributed by atoms with Crippen LogP contribution in [0, 0.1) is 6.92 Å². The van der Waals surface area contributed by atoms with E-state index >= 15 is 0 Å². The van der Waals surface area contributed by atoms with Crippen molar-refractivity contribution < 1.29 is 9.47 Å². The zero-order valence-corrected chi connectivity index (χ0v) is 14.2. The molecule has 1 aliphatic heterocycles. The molecule has 2 heterocycles. The van der Waals surface area contributed by atoms with E-state index in [1.165, 1.54) is 5.56 Å². The van der Waals surface area contributed by atoms with E-state index in [9.17, 15) is 0 Å². The van der Waals surface area contributed by atoms with E-state index in [0.29, 0.717) is 13.2 Å². The molecule has 0 unspecified atom stereocenters. The summed E-state index contributed by atoms with van der Waals surface area (Å²) in [7, 11) is 5.74. The van der Waals surface area contributed by atoms with Crippen LogP contribution in [-0.4, -0.2) is 42.1 Å². The van der Waals surface area contributed by atoms with Crippen molar-refractivity contribution in [1.82, 2.24) is 14.8 Å². The molecular weight excluding hydrogens is 292 g/mol. The normalized spacial score (nSPS) is 17.2. The lowest BCUT2D eigenvalue weighted by molar-refractivity contribution is -0.101. The van der Waals surface area contributed by atoms with E-state index in [2.05, 4.69) is 35.3 Å². The highest BCUT2D eigenvalue weighted by Gasteiger charge is 2.39. The van der Waals surface area contributed by atoms with Gasteiger partial charge in [0.25, 0.3) is 0 Å². The van der Waals surface area contributed by atoms with Gasteiger partial charge in [0, 0.05) is 52.9 Å². The van der Waals surface area contributed by atoms with Gasteiger partial charge < -0.3 is 14.4 Å². The largest absolute Gasteiger partial charge is 0.381 e. The first-order valence-electron chi connectivity index (χ1n) is 7.90. The van der Waals surface area contributed by atoms with Crippen LogP contribution in [0.2, 0.25) is 0 Å². The van der Waals surface area contributed by atoms with Crippen molar-refractivity contribution >= 4 is 11.6 Å². The molecule has 6 heteroatoms. The molecule has 6 nitrogen and oxygen atoms in total. The Kier molecular flexibility index (Phi) is 4.37. The Hall–Kier alpha value is -1.92. The Morgan fingerprint density at radius 3 is 2.65 bits per heavy atom. The summed E-state index contributed by atoms with van der Waals surface area (Å²) >= 11 is 0. The Bertz CT molecular complexity index is 677. The fourth-order valence-corrected chi connectivity index (χ4v) is 3.18. The summed E-state index contributed by atoms with van der Waals surface area (Å²) in [5.74, 6) is 1.66. The van der Waals surface area contributed by atoms with Crippen molar-refractivity contribution in [3.8, 4) is 0 Å². The number of anilines is 2. The third-order valence-electron chi connectivity index (χ3n) is 4.64. The minimum atomic E-state index is -0.411. The van der Waals surface area contributed by atoms with Crippen molar-refractivity contribution in [2.45, 2.75) is 25.4 Å². The molecule has 0 radical (unpaired) electrons. The van der Waals surface area contributed by atoms with Gasteiger partial charge in [0.15, 0.2) is 5.82 Å². The third-order valence-corrected chi connectivity index (χ3v) is 4.64. The van der Waals surface area contributed by atoms with Crippen LogP contribution in [0.25, 0.3) is 0 Å². The number of rotatable bonds is 4. The average molecular weight is 316 g/mol. The number of methoxy groups -OCH3 is 1. The molecule has 124 valence electrons. The molecule has 0 bridgehead atoms. The van der Waals surface area contributed by atoms with Gasteiger partial charge in [-0.1, -0.05) is 12.1 Å². The summed E-state index contributed by atoms with van der Waals surface area (Å²) < 4.78 is 13.3. The predicted molar refractivity (Wildman–Crippen MR) is 89.0 cm³/mol. The SMILES string of the molecule is COC1(c2nnc(N(C)c3cccc(C)c3)n2C)CCOCC1. The smallest absolute Gasteiger partial charge is 0.231 e. The maximum Gasteiger partial charge on any atom is 0.231 e. The molecule has 1 saturated heterocycles. The van der Waals surface area contributed by atoms with Gasteiger partial charge in [-0.15, -0.1) is 10.2 Å². The van der Waals surface area contributed by atoms with Crippen LogP contribution in [0.5, 0.6) is 0 Å². The maximum atomic E-state index is 5.84. The van der Waals surface area contributed by atoms with Gasteiger partial charge in [-0.25, -0.2) is 0 Å². The van der Waals surface area contributed by atoms with E-state index in [1.54, 1.807) is 7.11 Å². The molecule has 0 atom stereocenters. The standard InChI is InChI=1S/C17H24N4O2/c1-13-6-5-7-14(12-13)20(2)16-19-18-15(21(16)3)17(22-4)8-10-23-11-9-17/h5-7,12H,8-11H2,1-4H3. The Morgan fingerprint density at radius 1 is 1.26 bits per heavy atom. The highest BCUT2D eigenvalue weighted by molar-refractivity contribution is 5.57. The summed E-state index contributed by atoms with van der Waals surface area (Å²) in [5, 5.41) is 8.85. The zero-order valence-electron chi connectivity index (χ0n) is 14.2. The first kappa shape index (κ1) is 16.0. The van der Waals surface area contributed by atoms with Crippen LogP contribution < -0.4 is 4.90 Å². The molecule has 3 rings (SSSR count). The van der Waals surface area contributed by atoms with E-state index in [0.717, 1.165) is 30.3 Å². The van der Waals surface area contributed by atoms with Crippen molar-refractivity contribution in [3.05, 3.63) is 35.7 Å². The van der Waals surface area contributed by atoms with Gasteiger partial charge in [0.2, 0.25) is 5.95 Å². The maximum absolute atomic E-state index is 5.84. The van der Waals surface area contributed by atoms with Crippen LogP contribution in [0.15, 0.2) is 24.3 Å². The number of nitrogens with zero attached hydrogens (tertiary/aromatic N) is 4. The average Bonchev–Trinajstić information content (AvgIpc) is 2.97. The van der Waals surface area contributed by atoms with Gasteiger partial charge in [0.05, 0.1) is 0 Å². The molecule has 0 amide bonds. The summed E-state index contributed by atoms with van der Waals surface area (Å²) in [6.07, 6.45) is 1.59.